The van der Waals surface area contributed by atoms with Crippen LogP contribution in [0.3, 0.4) is 0 Å². The van der Waals surface area contributed by atoms with Gasteiger partial charge in [-0.3, -0.25) is 0 Å². The molecule has 2 unspecified atom stereocenters. The smallest absolute Gasteiger partial charge is 0.407 e. The molecule has 0 aliphatic rings. The van der Waals surface area contributed by atoms with Gasteiger partial charge in [0.25, 0.3) is 0 Å². The summed E-state index contributed by atoms with van der Waals surface area (Å²) in [6.45, 7) is 4.91. The van der Waals surface area contributed by atoms with E-state index in [0.717, 1.165) is 0 Å². The zero-order valence-electron chi connectivity index (χ0n) is 13.2. The molecular formula is C15H23NO6. The molecule has 22 heavy (non-hydrogen) atoms. The van der Waals surface area contributed by atoms with Crippen molar-refractivity contribution >= 4 is 6.09 Å². The largest absolute Gasteiger partial charge is 0.504 e. The van der Waals surface area contributed by atoms with Crippen LogP contribution in [0, 0.1) is 0 Å². The SMILES string of the molecule is COc1cccc(C(O)C(O)CNC(=O)OC(C)(C)C)c1O. The minimum atomic E-state index is -1.38. The zero-order valence-corrected chi connectivity index (χ0v) is 13.2. The van der Waals surface area contributed by atoms with Gasteiger partial charge in [-0.15, -0.1) is 0 Å². The van der Waals surface area contributed by atoms with Gasteiger partial charge in [-0.05, 0) is 26.8 Å². The zero-order chi connectivity index (χ0) is 16.9. The Labute approximate surface area is 129 Å². The maximum absolute atomic E-state index is 11.5. The lowest BCUT2D eigenvalue weighted by molar-refractivity contribution is 0.0118. The van der Waals surface area contributed by atoms with Crippen LogP contribution in [0.25, 0.3) is 0 Å². The first-order valence-corrected chi connectivity index (χ1v) is 6.84. The summed E-state index contributed by atoms with van der Waals surface area (Å²) in [5, 5.41) is 32.3. The Balaban J connectivity index is 2.66. The summed E-state index contributed by atoms with van der Waals surface area (Å²) in [6, 6.07) is 4.56. The van der Waals surface area contributed by atoms with Gasteiger partial charge in [-0.25, -0.2) is 4.79 Å². The third kappa shape index (κ3) is 5.09. The highest BCUT2D eigenvalue weighted by molar-refractivity contribution is 5.67. The summed E-state index contributed by atoms with van der Waals surface area (Å²) in [5.74, 6) is -0.0716. The molecule has 0 saturated carbocycles. The predicted molar refractivity (Wildman–Crippen MR) is 79.9 cm³/mol. The Kier molecular flexibility index (Phi) is 6.01. The molecule has 7 heteroatoms. The van der Waals surface area contributed by atoms with Crippen molar-refractivity contribution in [3.05, 3.63) is 23.8 Å². The maximum Gasteiger partial charge on any atom is 0.407 e. The van der Waals surface area contributed by atoms with Crippen LogP contribution >= 0.6 is 0 Å². The van der Waals surface area contributed by atoms with Crippen LogP contribution in [0.15, 0.2) is 18.2 Å². The number of methoxy groups -OCH3 is 1. The number of phenols is 1. The molecular weight excluding hydrogens is 290 g/mol. The third-order valence-electron chi connectivity index (χ3n) is 2.79. The van der Waals surface area contributed by atoms with Crippen molar-refractivity contribution in [2.24, 2.45) is 0 Å². The molecule has 0 aliphatic heterocycles. The number of alkyl carbamates (subject to hydrolysis) is 1. The molecule has 0 aromatic heterocycles. The van der Waals surface area contributed by atoms with Gasteiger partial charge in [0.1, 0.15) is 17.8 Å². The number of ether oxygens (including phenoxy) is 2. The second kappa shape index (κ2) is 7.33. The first kappa shape index (κ1) is 18.1. The van der Waals surface area contributed by atoms with E-state index in [4.69, 9.17) is 9.47 Å². The summed E-state index contributed by atoms with van der Waals surface area (Å²) >= 11 is 0. The minimum Gasteiger partial charge on any atom is -0.504 e. The van der Waals surface area contributed by atoms with Gasteiger partial charge >= 0.3 is 6.09 Å². The summed E-state index contributed by atoms with van der Waals surface area (Å²) < 4.78 is 9.96. The van der Waals surface area contributed by atoms with Gasteiger partial charge in [-0.1, -0.05) is 12.1 Å². The van der Waals surface area contributed by atoms with Gasteiger partial charge in [0.15, 0.2) is 11.5 Å². The fourth-order valence-corrected chi connectivity index (χ4v) is 1.76. The summed E-state index contributed by atoms with van der Waals surface area (Å²) in [7, 11) is 1.38. The normalized spacial score (nSPS) is 14.1. The van der Waals surface area contributed by atoms with Crippen LogP contribution < -0.4 is 10.1 Å². The molecule has 1 amide bonds. The van der Waals surface area contributed by atoms with E-state index < -0.39 is 23.9 Å². The highest BCUT2D eigenvalue weighted by atomic mass is 16.6. The number of carbonyl (C=O) groups is 1. The number of amides is 1. The number of carbonyl (C=O) groups excluding carboxylic acids is 1. The highest BCUT2D eigenvalue weighted by Gasteiger charge is 2.24. The van der Waals surface area contributed by atoms with E-state index in [9.17, 15) is 20.1 Å². The molecule has 7 nitrogen and oxygen atoms in total. The molecule has 1 aromatic carbocycles. The number of aliphatic hydroxyl groups is 2. The standard InChI is InChI=1S/C15H23NO6/c1-15(2,3)22-14(20)16-8-10(17)12(18)9-6-5-7-11(21-4)13(9)19/h5-7,10,12,17-19H,8H2,1-4H3,(H,16,20). The van der Waals surface area contributed by atoms with Crippen molar-refractivity contribution in [1.29, 1.82) is 0 Å². The van der Waals surface area contributed by atoms with E-state index in [0.29, 0.717) is 0 Å². The second-order valence-corrected chi connectivity index (χ2v) is 5.79. The lowest BCUT2D eigenvalue weighted by Crippen LogP contribution is -2.38. The lowest BCUT2D eigenvalue weighted by atomic mass is 10.0. The first-order valence-electron chi connectivity index (χ1n) is 6.84. The van der Waals surface area contributed by atoms with Crippen molar-refractivity contribution in [2.75, 3.05) is 13.7 Å². The van der Waals surface area contributed by atoms with Gasteiger partial charge in [0.05, 0.1) is 7.11 Å². The van der Waals surface area contributed by atoms with Gasteiger partial charge < -0.3 is 30.1 Å². The number of rotatable bonds is 5. The van der Waals surface area contributed by atoms with Crippen molar-refractivity contribution < 1.29 is 29.6 Å². The molecule has 0 heterocycles. The fourth-order valence-electron chi connectivity index (χ4n) is 1.76. The van der Waals surface area contributed by atoms with Crippen molar-refractivity contribution in [2.45, 2.75) is 38.6 Å². The molecule has 0 spiro atoms. The Hall–Kier alpha value is -1.99. The topological polar surface area (TPSA) is 108 Å². The summed E-state index contributed by atoms with van der Waals surface area (Å²) in [4.78, 5) is 11.5. The van der Waals surface area contributed by atoms with Gasteiger partial charge in [0, 0.05) is 12.1 Å². The van der Waals surface area contributed by atoms with Crippen LogP contribution in [0.1, 0.15) is 32.4 Å². The number of benzene rings is 1. The van der Waals surface area contributed by atoms with Crippen LogP contribution in [-0.2, 0) is 4.74 Å². The number of hydrogen-bond donors (Lipinski definition) is 4. The Morgan fingerprint density at radius 2 is 1.95 bits per heavy atom. The molecule has 1 aromatic rings. The van der Waals surface area contributed by atoms with E-state index in [1.165, 1.54) is 19.2 Å². The molecule has 0 saturated heterocycles. The number of para-hydroxylation sites is 1. The van der Waals surface area contributed by atoms with E-state index in [2.05, 4.69) is 5.32 Å². The molecule has 1 rings (SSSR count). The molecule has 4 N–H and O–H groups in total. The summed E-state index contributed by atoms with van der Waals surface area (Å²) in [5.41, 5.74) is -0.545. The second-order valence-electron chi connectivity index (χ2n) is 5.79. The van der Waals surface area contributed by atoms with Crippen molar-refractivity contribution in [1.82, 2.24) is 5.32 Å². The van der Waals surface area contributed by atoms with E-state index in [-0.39, 0.29) is 23.6 Å². The minimum absolute atomic E-state index is 0.109. The fraction of sp³-hybridized carbons (Fsp3) is 0.533. The van der Waals surface area contributed by atoms with E-state index in [1.807, 2.05) is 0 Å². The number of phenolic OH excluding ortho intramolecular Hbond substituents is 1. The Morgan fingerprint density at radius 1 is 1.32 bits per heavy atom. The van der Waals surface area contributed by atoms with E-state index in [1.54, 1.807) is 26.8 Å². The molecule has 0 radical (unpaired) electrons. The molecule has 2 atom stereocenters. The molecule has 124 valence electrons. The quantitative estimate of drug-likeness (QED) is 0.653. The monoisotopic (exact) mass is 313 g/mol. The molecule has 0 fully saturated rings. The first-order chi connectivity index (χ1) is 10.2. The van der Waals surface area contributed by atoms with Gasteiger partial charge in [0.2, 0.25) is 0 Å². The van der Waals surface area contributed by atoms with Crippen LogP contribution in [0.4, 0.5) is 4.79 Å². The Morgan fingerprint density at radius 3 is 2.50 bits per heavy atom. The number of aromatic hydroxyl groups is 1. The highest BCUT2D eigenvalue weighted by Crippen LogP contribution is 2.34. The maximum atomic E-state index is 11.5. The van der Waals surface area contributed by atoms with Gasteiger partial charge in [-0.2, -0.15) is 0 Å². The molecule has 0 aliphatic carbocycles. The van der Waals surface area contributed by atoms with Crippen LogP contribution in [0.2, 0.25) is 0 Å². The van der Waals surface area contributed by atoms with E-state index >= 15 is 0 Å². The predicted octanol–water partition coefficient (Wildman–Crippen LogP) is 1.32. The summed E-state index contributed by atoms with van der Waals surface area (Å²) in [6.07, 6.45) is -3.40. The number of hydrogen-bond acceptors (Lipinski definition) is 6. The van der Waals surface area contributed by atoms with Crippen molar-refractivity contribution in [3.63, 3.8) is 0 Å². The average molecular weight is 313 g/mol. The van der Waals surface area contributed by atoms with Crippen LogP contribution in [0.5, 0.6) is 11.5 Å². The average Bonchev–Trinajstić information content (AvgIpc) is 2.42. The number of aliphatic hydroxyl groups excluding tert-OH is 2. The Bertz CT molecular complexity index is 511. The third-order valence-corrected chi connectivity index (χ3v) is 2.79. The number of nitrogens with one attached hydrogen (secondary N) is 1. The van der Waals surface area contributed by atoms with Crippen molar-refractivity contribution in [3.8, 4) is 11.5 Å². The lowest BCUT2D eigenvalue weighted by Gasteiger charge is -2.22. The van der Waals surface area contributed by atoms with Crippen LogP contribution in [-0.4, -0.2) is 46.8 Å². The molecule has 0 bridgehead atoms.